The number of rotatable bonds is 15. The first-order valence-electron chi connectivity index (χ1n) is 15.0. The van der Waals surface area contributed by atoms with Gasteiger partial charge in [0.1, 0.15) is 11.5 Å². The summed E-state index contributed by atoms with van der Waals surface area (Å²) in [4.78, 5) is 22.4. The summed E-state index contributed by atoms with van der Waals surface area (Å²) < 4.78 is 0. The summed E-state index contributed by atoms with van der Waals surface area (Å²) in [7, 11) is 0. The monoisotopic (exact) mass is 561 g/mol. The second-order valence-corrected chi connectivity index (χ2v) is 10.6. The lowest BCUT2D eigenvalue weighted by molar-refractivity contribution is -0.109. The Morgan fingerprint density at radius 3 is 1.95 bits per heavy atom. The first-order valence-corrected chi connectivity index (χ1v) is 15.0. The molecule has 1 aliphatic carbocycles. The number of allylic oxidation sites excluding steroid dienone is 3. The number of unbranched alkanes of at least 4 members (excludes halogenated alkanes) is 2. The Kier molecular flexibility index (Phi) is 12.2. The van der Waals surface area contributed by atoms with Crippen molar-refractivity contribution in [3.63, 3.8) is 0 Å². The van der Waals surface area contributed by atoms with Crippen LogP contribution >= 0.6 is 0 Å². The highest BCUT2D eigenvalue weighted by Crippen LogP contribution is 2.33. The maximum atomic E-state index is 13.3. The summed E-state index contributed by atoms with van der Waals surface area (Å²) in [5, 5.41) is 29.9. The van der Waals surface area contributed by atoms with Crippen LogP contribution in [0.1, 0.15) is 63.1 Å². The molecule has 0 radical (unpaired) electrons. The summed E-state index contributed by atoms with van der Waals surface area (Å²) in [6, 6.07) is 12.2. The lowest BCUT2D eigenvalue weighted by Crippen LogP contribution is -2.26. The molecular formula is C34H47N3O4. The fourth-order valence-corrected chi connectivity index (χ4v) is 5.40. The van der Waals surface area contributed by atoms with Crippen LogP contribution in [0.5, 0.6) is 0 Å². The van der Waals surface area contributed by atoms with E-state index in [-0.39, 0.29) is 24.8 Å². The van der Waals surface area contributed by atoms with Crippen LogP contribution in [0.15, 0.2) is 64.4 Å². The number of ketones is 1. The number of carbonyl (C=O) groups excluding carboxylic acids is 1. The molecule has 1 aliphatic rings. The smallest absolute Gasteiger partial charge is 0.208 e. The number of benzene rings is 2. The third kappa shape index (κ3) is 8.08. The Labute approximate surface area is 245 Å². The lowest BCUT2D eigenvalue weighted by Gasteiger charge is -2.24. The third-order valence-corrected chi connectivity index (χ3v) is 7.83. The number of nitrogens with zero attached hydrogens (tertiary/aromatic N) is 3. The second kappa shape index (κ2) is 15.5. The molecule has 0 saturated carbocycles. The van der Waals surface area contributed by atoms with Gasteiger partial charge < -0.3 is 25.1 Å². The van der Waals surface area contributed by atoms with Crippen molar-refractivity contribution in [1.29, 1.82) is 0 Å². The van der Waals surface area contributed by atoms with Crippen LogP contribution in [-0.4, -0.2) is 66.2 Å². The molecule has 0 heterocycles. The average Bonchev–Trinajstić information content (AvgIpc) is 2.95. The molecule has 0 saturated heterocycles. The van der Waals surface area contributed by atoms with E-state index in [1.165, 1.54) is 6.08 Å². The molecule has 0 bridgehead atoms. The molecule has 0 amide bonds. The molecule has 3 rings (SSSR count). The van der Waals surface area contributed by atoms with E-state index in [4.69, 9.17) is 4.99 Å². The van der Waals surface area contributed by atoms with E-state index >= 15 is 0 Å². The van der Waals surface area contributed by atoms with Crippen molar-refractivity contribution in [2.24, 2.45) is 4.99 Å². The van der Waals surface area contributed by atoms with E-state index in [9.17, 15) is 20.1 Å². The summed E-state index contributed by atoms with van der Waals surface area (Å²) in [5.74, 6) is -0.250. The van der Waals surface area contributed by atoms with Crippen LogP contribution < -0.4 is 9.80 Å². The number of aliphatic hydroxyl groups is 3. The van der Waals surface area contributed by atoms with Crippen LogP contribution in [0.4, 0.5) is 17.1 Å². The molecule has 0 unspecified atom stereocenters. The van der Waals surface area contributed by atoms with Crippen LogP contribution in [0, 0.1) is 13.8 Å². The van der Waals surface area contributed by atoms with Crippen molar-refractivity contribution in [1.82, 2.24) is 0 Å². The standard InChI is InChI=1S/C34H47N3O4/c1-6-9-10-11-29-30(22-26-12-13-27(20-24(26)4)36(7-2)16-18-38)32(40)23-33(41)34(29)35-31-15-14-28(21-25(31)5)37(8-3)17-19-39/h12-15,20-21,23,38-40H,6-11,16-19,22H2,1-5H3. The molecule has 0 atom stereocenters. The summed E-state index contributed by atoms with van der Waals surface area (Å²) >= 11 is 0. The van der Waals surface area contributed by atoms with E-state index in [0.717, 1.165) is 77.3 Å². The van der Waals surface area contributed by atoms with Crippen LogP contribution in [0.2, 0.25) is 0 Å². The molecule has 0 aliphatic heterocycles. The molecule has 7 nitrogen and oxygen atoms in total. The predicted octanol–water partition coefficient (Wildman–Crippen LogP) is 6.16. The molecule has 3 N–H and O–H groups in total. The highest BCUT2D eigenvalue weighted by atomic mass is 16.3. The van der Waals surface area contributed by atoms with Crippen molar-refractivity contribution in [3.8, 4) is 0 Å². The Morgan fingerprint density at radius 1 is 0.805 bits per heavy atom. The largest absolute Gasteiger partial charge is 0.508 e. The summed E-state index contributed by atoms with van der Waals surface area (Å²) in [6.07, 6.45) is 5.46. The Bertz CT molecular complexity index is 1290. The fourth-order valence-electron chi connectivity index (χ4n) is 5.40. The quantitative estimate of drug-likeness (QED) is 0.178. The van der Waals surface area contributed by atoms with Crippen LogP contribution in [-0.2, 0) is 11.2 Å². The van der Waals surface area contributed by atoms with E-state index in [0.29, 0.717) is 31.6 Å². The minimum absolute atomic E-state index is 0.0223. The number of anilines is 2. The zero-order valence-corrected chi connectivity index (χ0v) is 25.4. The lowest BCUT2D eigenvalue weighted by atomic mass is 9.85. The van der Waals surface area contributed by atoms with Crippen molar-refractivity contribution in [2.75, 3.05) is 49.2 Å². The first kappa shape index (κ1) is 32.1. The fraction of sp³-hybridized carbons (Fsp3) is 0.471. The molecule has 0 fully saturated rings. The highest BCUT2D eigenvalue weighted by Gasteiger charge is 2.27. The predicted molar refractivity (Wildman–Crippen MR) is 170 cm³/mol. The molecule has 222 valence electrons. The first-order chi connectivity index (χ1) is 19.8. The zero-order valence-electron chi connectivity index (χ0n) is 25.4. The normalized spacial score (nSPS) is 14.6. The zero-order chi connectivity index (χ0) is 29.9. The Morgan fingerprint density at radius 2 is 1.41 bits per heavy atom. The maximum absolute atomic E-state index is 13.3. The molecular weight excluding hydrogens is 514 g/mol. The van der Waals surface area contributed by atoms with Crippen molar-refractivity contribution >= 4 is 28.6 Å². The molecule has 0 spiro atoms. The van der Waals surface area contributed by atoms with Gasteiger partial charge in [-0.3, -0.25) is 4.79 Å². The van der Waals surface area contributed by atoms with Crippen molar-refractivity contribution in [3.05, 3.63) is 76.1 Å². The van der Waals surface area contributed by atoms with Crippen molar-refractivity contribution in [2.45, 2.75) is 66.7 Å². The SMILES string of the molecule is CCCCCC1=C(Cc2ccc(N(CC)CCO)cc2C)C(O)=CC(=O)C1=Nc1ccc(N(CC)CCO)cc1C. The molecule has 2 aromatic carbocycles. The molecule has 2 aromatic rings. The summed E-state index contributed by atoms with van der Waals surface area (Å²) in [6.45, 7) is 13.2. The van der Waals surface area contributed by atoms with Gasteiger partial charge in [0, 0.05) is 55.6 Å². The number of likely N-dealkylation sites (N-methyl/N-ethyl adjacent to an activating group) is 2. The maximum Gasteiger partial charge on any atom is 0.208 e. The van der Waals surface area contributed by atoms with Gasteiger partial charge in [0.15, 0.2) is 0 Å². The van der Waals surface area contributed by atoms with Gasteiger partial charge >= 0.3 is 0 Å². The van der Waals surface area contributed by atoms with E-state index in [1.807, 2.05) is 25.1 Å². The summed E-state index contributed by atoms with van der Waals surface area (Å²) in [5.41, 5.74) is 7.89. The molecule has 0 aromatic heterocycles. The third-order valence-electron chi connectivity index (χ3n) is 7.83. The molecule has 7 heteroatoms. The van der Waals surface area contributed by atoms with Gasteiger partial charge in [-0.05, 0) is 93.1 Å². The van der Waals surface area contributed by atoms with Crippen LogP contribution in [0.25, 0.3) is 0 Å². The number of aryl methyl sites for hydroxylation is 2. The number of aliphatic hydroxyl groups excluding tert-OH is 3. The average molecular weight is 562 g/mol. The van der Waals surface area contributed by atoms with Crippen LogP contribution in [0.3, 0.4) is 0 Å². The van der Waals surface area contributed by atoms with Gasteiger partial charge in [-0.2, -0.15) is 0 Å². The van der Waals surface area contributed by atoms with E-state index in [2.05, 4.69) is 55.7 Å². The Balaban J connectivity index is 2.05. The van der Waals surface area contributed by atoms with E-state index in [1.54, 1.807) is 0 Å². The topological polar surface area (TPSA) is 96.6 Å². The van der Waals surface area contributed by atoms with Gasteiger partial charge in [-0.1, -0.05) is 25.8 Å². The minimum atomic E-state index is -0.272. The van der Waals surface area contributed by atoms with Crippen molar-refractivity contribution < 1.29 is 20.1 Å². The van der Waals surface area contributed by atoms with E-state index < -0.39 is 0 Å². The number of carbonyl (C=O) groups is 1. The van der Waals surface area contributed by atoms with Gasteiger partial charge in [0.2, 0.25) is 5.78 Å². The second-order valence-electron chi connectivity index (χ2n) is 10.6. The number of aliphatic imine (C=N–C) groups is 1. The number of hydrogen-bond acceptors (Lipinski definition) is 7. The Hall–Kier alpha value is -3.42. The van der Waals surface area contributed by atoms with Gasteiger partial charge in [0.25, 0.3) is 0 Å². The molecule has 41 heavy (non-hydrogen) atoms. The van der Waals surface area contributed by atoms with Gasteiger partial charge in [0.05, 0.1) is 18.9 Å². The van der Waals surface area contributed by atoms with Gasteiger partial charge in [-0.25, -0.2) is 4.99 Å². The highest BCUT2D eigenvalue weighted by molar-refractivity contribution is 6.51. The van der Waals surface area contributed by atoms with Gasteiger partial charge in [-0.15, -0.1) is 0 Å². The number of hydrogen-bond donors (Lipinski definition) is 3. The minimum Gasteiger partial charge on any atom is -0.508 e.